The predicted octanol–water partition coefficient (Wildman–Crippen LogP) is 5.56. The summed E-state index contributed by atoms with van der Waals surface area (Å²) in [6.45, 7) is 2.07. The summed E-state index contributed by atoms with van der Waals surface area (Å²) in [6, 6.07) is 11.6. The molecular formula is C20H17BrF3NO3. The van der Waals surface area contributed by atoms with Crippen LogP contribution in [0.1, 0.15) is 18.1 Å². The molecule has 3 aromatic rings. The van der Waals surface area contributed by atoms with Crippen molar-refractivity contribution in [2.24, 2.45) is 0 Å². The van der Waals surface area contributed by atoms with Crippen molar-refractivity contribution in [3.05, 3.63) is 64.3 Å². The highest BCUT2D eigenvalue weighted by Crippen LogP contribution is 2.33. The molecule has 0 saturated heterocycles. The van der Waals surface area contributed by atoms with Crippen LogP contribution < -0.4 is 4.74 Å². The molecule has 1 heterocycles. The summed E-state index contributed by atoms with van der Waals surface area (Å²) in [7, 11) is 0. The number of para-hydroxylation sites is 1. The van der Waals surface area contributed by atoms with Crippen molar-refractivity contribution >= 4 is 32.8 Å². The van der Waals surface area contributed by atoms with Crippen LogP contribution in [0.3, 0.4) is 0 Å². The third kappa shape index (κ3) is 4.49. The molecule has 28 heavy (non-hydrogen) atoms. The van der Waals surface area contributed by atoms with Crippen LogP contribution in [0.4, 0.5) is 13.2 Å². The molecular weight excluding hydrogens is 439 g/mol. The Balaban J connectivity index is 1.84. The normalized spacial score (nSPS) is 11.6. The SMILES string of the molecule is CCOC(=O)Cc1ccccc1OCc1cc(Br)c2ccn(C(F)(F)F)c2c1. The largest absolute Gasteiger partial charge is 0.489 e. The van der Waals surface area contributed by atoms with E-state index in [0.717, 1.165) is 6.20 Å². The first-order valence-corrected chi connectivity index (χ1v) is 9.32. The van der Waals surface area contributed by atoms with Crippen LogP contribution >= 0.6 is 15.9 Å². The van der Waals surface area contributed by atoms with Gasteiger partial charge in [-0.05, 0) is 36.8 Å². The molecule has 8 heteroatoms. The smallest absolute Gasteiger partial charge is 0.488 e. The van der Waals surface area contributed by atoms with E-state index < -0.39 is 6.30 Å². The van der Waals surface area contributed by atoms with Crippen molar-refractivity contribution in [3.8, 4) is 5.75 Å². The number of rotatable bonds is 6. The number of halogens is 4. The molecule has 0 fully saturated rings. The average Bonchev–Trinajstić information content (AvgIpc) is 3.06. The van der Waals surface area contributed by atoms with Gasteiger partial charge in [0.05, 0.1) is 18.5 Å². The molecule has 0 bridgehead atoms. The quantitative estimate of drug-likeness (QED) is 0.456. The zero-order valence-corrected chi connectivity index (χ0v) is 16.5. The Kier molecular flexibility index (Phi) is 5.98. The van der Waals surface area contributed by atoms with E-state index in [9.17, 15) is 18.0 Å². The number of benzene rings is 2. The molecule has 0 aliphatic carbocycles. The monoisotopic (exact) mass is 455 g/mol. The molecule has 0 aliphatic rings. The van der Waals surface area contributed by atoms with Gasteiger partial charge in [-0.2, -0.15) is 0 Å². The minimum atomic E-state index is -4.51. The highest BCUT2D eigenvalue weighted by atomic mass is 79.9. The summed E-state index contributed by atoms with van der Waals surface area (Å²) in [6.07, 6.45) is -3.45. The van der Waals surface area contributed by atoms with E-state index in [2.05, 4.69) is 15.9 Å². The first-order valence-electron chi connectivity index (χ1n) is 8.52. The second kappa shape index (κ2) is 8.26. The molecule has 0 radical (unpaired) electrons. The van der Waals surface area contributed by atoms with Crippen molar-refractivity contribution in [2.75, 3.05) is 6.61 Å². The fourth-order valence-corrected chi connectivity index (χ4v) is 3.50. The van der Waals surface area contributed by atoms with Gasteiger partial charge < -0.3 is 9.47 Å². The van der Waals surface area contributed by atoms with Gasteiger partial charge in [-0.3, -0.25) is 9.36 Å². The highest BCUT2D eigenvalue weighted by molar-refractivity contribution is 9.10. The van der Waals surface area contributed by atoms with Gasteiger partial charge in [-0.1, -0.05) is 34.1 Å². The lowest BCUT2D eigenvalue weighted by Gasteiger charge is -2.13. The van der Waals surface area contributed by atoms with E-state index in [0.29, 0.717) is 26.7 Å². The number of esters is 1. The van der Waals surface area contributed by atoms with Crippen LogP contribution in [0.15, 0.2) is 53.1 Å². The zero-order chi connectivity index (χ0) is 20.3. The lowest BCUT2D eigenvalue weighted by Crippen LogP contribution is -2.15. The molecule has 0 spiro atoms. The lowest BCUT2D eigenvalue weighted by molar-refractivity contribution is -0.200. The van der Waals surface area contributed by atoms with Gasteiger partial charge >= 0.3 is 12.3 Å². The second-order valence-corrected chi connectivity index (χ2v) is 6.90. The van der Waals surface area contributed by atoms with E-state index in [1.807, 2.05) is 0 Å². The maximum atomic E-state index is 13.2. The Hall–Kier alpha value is -2.48. The molecule has 0 saturated carbocycles. The van der Waals surface area contributed by atoms with Crippen LogP contribution in [-0.4, -0.2) is 17.1 Å². The van der Waals surface area contributed by atoms with Gasteiger partial charge in [0.25, 0.3) is 0 Å². The Bertz CT molecular complexity index is 998. The molecule has 0 unspecified atom stereocenters. The molecule has 0 aliphatic heterocycles. The Morgan fingerprint density at radius 2 is 1.93 bits per heavy atom. The molecule has 4 nitrogen and oxygen atoms in total. The number of hydrogen-bond acceptors (Lipinski definition) is 3. The Morgan fingerprint density at radius 3 is 2.64 bits per heavy atom. The molecule has 148 valence electrons. The van der Waals surface area contributed by atoms with Gasteiger partial charge in [-0.15, -0.1) is 13.2 Å². The van der Waals surface area contributed by atoms with Gasteiger partial charge in [0.15, 0.2) is 0 Å². The number of hydrogen-bond donors (Lipinski definition) is 0. The van der Waals surface area contributed by atoms with E-state index in [1.54, 1.807) is 37.3 Å². The maximum Gasteiger partial charge on any atom is 0.488 e. The van der Waals surface area contributed by atoms with Gasteiger partial charge in [0.2, 0.25) is 0 Å². The second-order valence-electron chi connectivity index (χ2n) is 6.04. The molecule has 3 rings (SSSR count). The molecule has 0 amide bonds. The number of alkyl halides is 3. The van der Waals surface area contributed by atoms with Crippen LogP contribution in [0.2, 0.25) is 0 Å². The zero-order valence-electron chi connectivity index (χ0n) is 14.9. The highest BCUT2D eigenvalue weighted by Gasteiger charge is 2.31. The third-order valence-corrected chi connectivity index (χ3v) is 4.75. The predicted molar refractivity (Wildman–Crippen MR) is 102 cm³/mol. The van der Waals surface area contributed by atoms with E-state index in [1.165, 1.54) is 12.1 Å². The molecule has 0 N–H and O–H groups in total. The number of carbonyl (C=O) groups is 1. The molecule has 0 atom stereocenters. The Labute approximate surface area is 168 Å². The van der Waals surface area contributed by atoms with Crippen LogP contribution in [-0.2, 0) is 28.9 Å². The van der Waals surface area contributed by atoms with Gasteiger partial charge in [0.1, 0.15) is 12.4 Å². The maximum absolute atomic E-state index is 13.2. The van der Waals surface area contributed by atoms with Crippen LogP contribution in [0.25, 0.3) is 10.9 Å². The summed E-state index contributed by atoms with van der Waals surface area (Å²) < 4.78 is 51.1. The van der Waals surface area contributed by atoms with E-state index >= 15 is 0 Å². The first-order chi connectivity index (χ1) is 13.3. The van der Waals surface area contributed by atoms with Crippen LogP contribution in [0, 0.1) is 0 Å². The van der Waals surface area contributed by atoms with Crippen molar-refractivity contribution in [1.82, 2.24) is 4.57 Å². The topological polar surface area (TPSA) is 40.5 Å². The fraction of sp³-hybridized carbons (Fsp3) is 0.250. The summed E-state index contributed by atoms with van der Waals surface area (Å²) in [5.41, 5.74) is 1.26. The third-order valence-electron chi connectivity index (χ3n) is 4.10. The fourth-order valence-electron chi connectivity index (χ4n) is 2.88. The first kappa shape index (κ1) is 20.3. The summed E-state index contributed by atoms with van der Waals surface area (Å²) in [5.74, 6) is 0.115. The summed E-state index contributed by atoms with van der Waals surface area (Å²) in [4.78, 5) is 11.7. The average molecular weight is 456 g/mol. The van der Waals surface area contributed by atoms with Crippen LogP contribution in [0.5, 0.6) is 5.75 Å². The minimum Gasteiger partial charge on any atom is -0.489 e. The van der Waals surface area contributed by atoms with Crippen molar-refractivity contribution in [2.45, 2.75) is 26.3 Å². The van der Waals surface area contributed by atoms with Crippen molar-refractivity contribution in [3.63, 3.8) is 0 Å². The summed E-state index contributed by atoms with van der Waals surface area (Å²) in [5, 5.41) is 0.462. The van der Waals surface area contributed by atoms with Crippen molar-refractivity contribution in [1.29, 1.82) is 0 Å². The van der Waals surface area contributed by atoms with Crippen molar-refractivity contribution < 1.29 is 27.4 Å². The van der Waals surface area contributed by atoms with Gasteiger partial charge in [-0.25, -0.2) is 0 Å². The van der Waals surface area contributed by atoms with E-state index in [-0.39, 0.29) is 35.7 Å². The number of nitrogens with zero attached hydrogens (tertiary/aromatic N) is 1. The number of ether oxygens (including phenoxy) is 2. The van der Waals surface area contributed by atoms with Gasteiger partial charge in [0, 0.05) is 21.6 Å². The minimum absolute atomic E-state index is 0.0419. The number of aromatic nitrogens is 1. The number of fused-ring (bicyclic) bond motifs is 1. The Morgan fingerprint density at radius 1 is 1.18 bits per heavy atom. The molecule has 2 aromatic carbocycles. The summed E-state index contributed by atoms with van der Waals surface area (Å²) >= 11 is 3.32. The molecule has 1 aromatic heterocycles. The standard InChI is InChI=1S/C20H17BrF3NO3/c1-2-27-19(26)11-14-5-3-4-6-18(14)28-12-13-9-16(21)15-7-8-25(17(15)10-13)20(22,23)24/h3-10H,2,11-12H2,1H3. The van der Waals surface area contributed by atoms with E-state index in [4.69, 9.17) is 9.47 Å². The lowest BCUT2D eigenvalue weighted by atomic mass is 10.1. The number of carbonyl (C=O) groups excluding carboxylic acids is 1.